The number of alkyl halides is 1. The van der Waals surface area contributed by atoms with Crippen molar-refractivity contribution in [1.82, 2.24) is 36.2 Å². The second kappa shape index (κ2) is 8.77. The first-order chi connectivity index (χ1) is 15.3. The fraction of sp³-hybridized carbons (Fsp3) is 0.905. The van der Waals surface area contributed by atoms with Gasteiger partial charge in [0.05, 0.1) is 24.3 Å². The highest BCUT2D eigenvalue weighted by molar-refractivity contribution is 5.81. The number of amides is 2. The second-order valence-electron chi connectivity index (χ2n) is 10.4. The van der Waals surface area contributed by atoms with Crippen molar-refractivity contribution in [3.8, 4) is 0 Å². The molecule has 0 radical (unpaired) electrons. The van der Waals surface area contributed by atoms with Crippen molar-refractivity contribution < 1.29 is 14.0 Å². The van der Waals surface area contributed by atoms with Gasteiger partial charge in [0.2, 0.25) is 11.8 Å². The normalized spacial score (nSPS) is 40.6. The Bertz CT molecular complexity index is 733. The molecule has 10 nitrogen and oxygen atoms in total. The van der Waals surface area contributed by atoms with Crippen LogP contribution in [-0.4, -0.2) is 110 Å². The molecule has 0 aromatic rings. The molecule has 5 aliphatic rings. The molecule has 11 heteroatoms. The van der Waals surface area contributed by atoms with Crippen LogP contribution in [0.25, 0.3) is 0 Å². The molecule has 5 saturated heterocycles. The maximum atomic E-state index is 13.7. The molecule has 0 bridgehead atoms. The Morgan fingerprint density at radius 3 is 2.78 bits per heavy atom. The summed E-state index contributed by atoms with van der Waals surface area (Å²) in [6, 6.07) is 0.264. The number of hydrazine groups is 1. The van der Waals surface area contributed by atoms with Gasteiger partial charge in [0.1, 0.15) is 6.17 Å². The van der Waals surface area contributed by atoms with Crippen molar-refractivity contribution in [3.63, 3.8) is 0 Å². The lowest BCUT2D eigenvalue weighted by molar-refractivity contribution is -0.129. The van der Waals surface area contributed by atoms with Crippen LogP contribution in [0.5, 0.6) is 0 Å². The van der Waals surface area contributed by atoms with E-state index in [4.69, 9.17) is 5.73 Å². The number of nitrogens with one attached hydrogen (secondary N) is 4. The Hall–Kier alpha value is -1.37. The van der Waals surface area contributed by atoms with Gasteiger partial charge in [0.25, 0.3) is 0 Å². The number of likely N-dealkylation sites (tertiary alicyclic amines) is 2. The highest BCUT2D eigenvalue weighted by Crippen LogP contribution is 2.41. The SMILES string of the molecule is CN1CC2(CCN(C3CCNCC3NC(=O)C3C(N)NN4CC(F)CNC34)CC2)CC1=O. The van der Waals surface area contributed by atoms with Crippen LogP contribution < -0.4 is 27.1 Å². The zero-order valence-corrected chi connectivity index (χ0v) is 18.9. The number of rotatable bonds is 3. The summed E-state index contributed by atoms with van der Waals surface area (Å²) < 4.78 is 13.7. The van der Waals surface area contributed by atoms with E-state index in [1.54, 1.807) is 5.01 Å². The first kappa shape index (κ1) is 22.4. The van der Waals surface area contributed by atoms with Crippen molar-refractivity contribution in [2.24, 2.45) is 17.1 Å². The molecule has 0 aliphatic carbocycles. The minimum absolute atomic E-state index is 0.00283. The molecule has 180 valence electrons. The average Bonchev–Trinajstić information content (AvgIpc) is 3.23. The fourth-order valence-electron chi connectivity index (χ4n) is 6.45. The largest absolute Gasteiger partial charge is 0.350 e. The van der Waals surface area contributed by atoms with E-state index < -0.39 is 18.3 Å². The number of piperidine rings is 2. The van der Waals surface area contributed by atoms with Crippen LogP contribution in [0.4, 0.5) is 4.39 Å². The first-order valence-corrected chi connectivity index (χ1v) is 12.0. The van der Waals surface area contributed by atoms with Crippen LogP contribution in [0.2, 0.25) is 0 Å². The van der Waals surface area contributed by atoms with Crippen LogP contribution in [0.3, 0.4) is 0 Å². The van der Waals surface area contributed by atoms with Gasteiger partial charge in [0.15, 0.2) is 0 Å². The monoisotopic (exact) mass is 452 g/mol. The molecule has 0 aromatic carbocycles. The Morgan fingerprint density at radius 2 is 2.06 bits per heavy atom. The van der Waals surface area contributed by atoms with Gasteiger partial charge in [0, 0.05) is 45.7 Å². The third-order valence-electron chi connectivity index (χ3n) is 8.25. The average molecular weight is 453 g/mol. The van der Waals surface area contributed by atoms with Gasteiger partial charge in [-0.2, -0.15) is 0 Å². The minimum Gasteiger partial charge on any atom is -0.350 e. The van der Waals surface area contributed by atoms with Gasteiger partial charge in [-0.3, -0.25) is 19.8 Å². The number of nitrogens with two attached hydrogens (primary N) is 1. The van der Waals surface area contributed by atoms with E-state index in [2.05, 4.69) is 26.3 Å². The molecule has 2 amide bonds. The number of hydrogen-bond donors (Lipinski definition) is 5. The van der Waals surface area contributed by atoms with Gasteiger partial charge in [-0.25, -0.2) is 14.8 Å². The minimum atomic E-state index is -0.975. The zero-order valence-electron chi connectivity index (χ0n) is 18.9. The van der Waals surface area contributed by atoms with Crippen LogP contribution in [-0.2, 0) is 9.59 Å². The zero-order chi connectivity index (χ0) is 22.5. The van der Waals surface area contributed by atoms with Gasteiger partial charge in [-0.05, 0) is 44.3 Å². The van der Waals surface area contributed by atoms with Crippen LogP contribution in [0.15, 0.2) is 0 Å². The highest BCUT2D eigenvalue weighted by Gasteiger charge is 2.49. The number of fused-ring (bicyclic) bond motifs is 1. The van der Waals surface area contributed by atoms with Gasteiger partial charge in [-0.1, -0.05) is 0 Å². The number of halogens is 1. The second-order valence-corrected chi connectivity index (χ2v) is 10.4. The molecule has 5 fully saturated rings. The molecule has 0 saturated carbocycles. The quantitative estimate of drug-likeness (QED) is 0.327. The van der Waals surface area contributed by atoms with E-state index in [1.807, 2.05) is 11.9 Å². The Kier molecular flexibility index (Phi) is 6.14. The van der Waals surface area contributed by atoms with Crippen LogP contribution in [0.1, 0.15) is 25.7 Å². The summed E-state index contributed by atoms with van der Waals surface area (Å²) in [7, 11) is 1.90. The van der Waals surface area contributed by atoms with Gasteiger partial charge >= 0.3 is 0 Å². The smallest absolute Gasteiger partial charge is 0.229 e. The maximum Gasteiger partial charge on any atom is 0.229 e. The lowest BCUT2D eigenvalue weighted by Crippen LogP contribution is -2.64. The lowest BCUT2D eigenvalue weighted by Gasteiger charge is -2.46. The molecule has 6 unspecified atom stereocenters. The van der Waals surface area contributed by atoms with Crippen LogP contribution >= 0.6 is 0 Å². The summed E-state index contributed by atoms with van der Waals surface area (Å²) in [5.74, 6) is -0.302. The molecule has 5 heterocycles. The Balaban J connectivity index is 1.21. The van der Waals surface area contributed by atoms with E-state index in [0.717, 1.165) is 52.0 Å². The van der Waals surface area contributed by atoms with Crippen LogP contribution in [0, 0.1) is 11.3 Å². The summed E-state index contributed by atoms with van der Waals surface area (Å²) in [5.41, 5.74) is 9.40. The molecule has 5 aliphatic heterocycles. The van der Waals surface area contributed by atoms with E-state index >= 15 is 0 Å². The number of carbonyl (C=O) groups excluding carboxylic acids is 2. The summed E-state index contributed by atoms with van der Waals surface area (Å²) in [5, 5.41) is 11.5. The third kappa shape index (κ3) is 4.14. The third-order valence-corrected chi connectivity index (χ3v) is 8.25. The van der Waals surface area contributed by atoms with Crippen molar-refractivity contribution in [2.45, 2.75) is 56.3 Å². The lowest BCUT2D eigenvalue weighted by atomic mass is 9.77. The summed E-state index contributed by atoms with van der Waals surface area (Å²) >= 11 is 0. The topological polar surface area (TPSA) is 118 Å². The molecular weight excluding hydrogens is 415 g/mol. The van der Waals surface area contributed by atoms with Crippen molar-refractivity contribution in [3.05, 3.63) is 0 Å². The van der Waals surface area contributed by atoms with E-state index in [0.29, 0.717) is 6.42 Å². The number of hydrogen-bond acceptors (Lipinski definition) is 8. The molecule has 0 aromatic heterocycles. The predicted molar refractivity (Wildman–Crippen MR) is 117 cm³/mol. The van der Waals surface area contributed by atoms with E-state index in [1.165, 1.54) is 0 Å². The molecule has 32 heavy (non-hydrogen) atoms. The summed E-state index contributed by atoms with van der Waals surface area (Å²) in [6.45, 7) is 4.90. The van der Waals surface area contributed by atoms with Gasteiger partial charge < -0.3 is 21.3 Å². The number of nitrogens with zero attached hydrogens (tertiary/aromatic N) is 3. The standard InChI is InChI=1S/C21H37FN8O2/c1-28-12-21(8-16(28)31)3-6-29(7-4-21)15-2-5-24-10-14(15)26-20(32)17-18(23)27-30-11-13(22)9-25-19(17)30/h13-15,17-19,24-25,27H,2-12,23H2,1H3,(H,26,32). The highest BCUT2D eigenvalue weighted by atomic mass is 19.1. The van der Waals surface area contributed by atoms with Gasteiger partial charge in [-0.15, -0.1) is 0 Å². The molecule has 6 N–H and O–H groups in total. The summed E-state index contributed by atoms with van der Waals surface area (Å²) in [4.78, 5) is 29.7. The van der Waals surface area contributed by atoms with E-state index in [-0.39, 0.29) is 48.6 Å². The maximum absolute atomic E-state index is 13.7. The molecule has 5 rings (SSSR count). The molecule has 1 spiro atoms. The Labute approximate surface area is 188 Å². The Morgan fingerprint density at radius 1 is 1.28 bits per heavy atom. The van der Waals surface area contributed by atoms with E-state index in [9.17, 15) is 14.0 Å². The van der Waals surface area contributed by atoms with Crippen molar-refractivity contribution in [1.29, 1.82) is 0 Å². The number of carbonyl (C=O) groups is 2. The molecular formula is C21H37FN8O2. The van der Waals surface area contributed by atoms with Crippen molar-refractivity contribution in [2.75, 3.05) is 52.9 Å². The first-order valence-electron chi connectivity index (χ1n) is 12.0. The van der Waals surface area contributed by atoms with Crippen molar-refractivity contribution >= 4 is 11.8 Å². The predicted octanol–water partition coefficient (Wildman–Crippen LogP) is -2.23. The molecule has 6 atom stereocenters. The summed E-state index contributed by atoms with van der Waals surface area (Å²) in [6.07, 6.45) is 1.88. The fourth-order valence-corrected chi connectivity index (χ4v) is 6.45.